The molecule has 0 spiro atoms. The third kappa shape index (κ3) is 3.42. The summed E-state index contributed by atoms with van der Waals surface area (Å²) >= 11 is 0. The van der Waals surface area contributed by atoms with Gasteiger partial charge in [-0.25, -0.2) is 8.78 Å². The Morgan fingerprint density at radius 2 is 1.55 bits per heavy atom. The molecule has 1 unspecified atom stereocenters. The third-order valence-electron chi connectivity index (χ3n) is 3.54. The van der Waals surface area contributed by atoms with E-state index >= 15 is 0 Å². The predicted molar refractivity (Wildman–Crippen MR) is 77.5 cm³/mol. The fourth-order valence-corrected chi connectivity index (χ4v) is 2.22. The average molecular weight is 275 g/mol. The molecule has 1 N–H and O–H groups in total. The van der Waals surface area contributed by atoms with Crippen molar-refractivity contribution in [3.63, 3.8) is 0 Å². The Kier molecular flexibility index (Phi) is 4.50. The number of halogens is 2. The molecule has 0 aliphatic heterocycles. The van der Waals surface area contributed by atoms with Crippen LogP contribution in [0.5, 0.6) is 0 Å². The summed E-state index contributed by atoms with van der Waals surface area (Å²) in [6.45, 7) is 5.68. The molecule has 1 nitrogen and oxygen atoms in total. The van der Waals surface area contributed by atoms with E-state index in [1.807, 2.05) is 26.0 Å². The standard InChI is InChI=1S/C17H19F2N/c1-11-7-8-15(10-17(11)19)13(3)20-12(2)14-5-4-6-16(18)9-14/h4-10,12-13,20H,1-3H3/t12-,13?/m0/s1. The van der Waals surface area contributed by atoms with Gasteiger partial charge in [0.15, 0.2) is 0 Å². The van der Waals surface area contributed by atoms with Crippen LogP contribution in [-0.4, -0.2) is 0 Å². The topological polar surface area (TPSA) is 12.0 Å². The fourth-order valence-electron chi connectivity index (χ4n) is 2.22. The lowest BCUT2D eigenvalue weighted by Gasteiger charge is -2.21. The summed E-state index contributed by atoms with van der Waals surface area (Å²) in [6, 6.07) is 11.7. The van der Waals surface area contributed by atoms with Gasteiger partial charge in [0, 0.05) is 12.1 Å². The van der Waals surface area contributed by atoms with E-state index in [0.717, 1.165) is 11.1 Å². The zero-order valence-electron chi connectivity index (χ0n) is 12.0. The molecule has 0 amide bonds. The van der Waals surface area contributed by atoms with Gasteiger partial charge in [-0.1, -0.05) is 24.3 Å². The van der Waals surface area contributed by atoms with Crippen molar-refractivity contribution >= 4 is 0 Å². The maximum absolute atomic E-state index is 13.6. The van der Waals surface area contributed by atoms with Crippen LogP contribution in [0.3, 0.4) is 0 Å². The van der Waals surface area contributed by atoms with Crippen molar-refractivity contribution in [2.24, 2.45) is 0 Å². The molecule has 2 rings (SSSR count). The summed E-state index contributed by atoms with van der Waals surface area (Å²) in [5, 5.41) is 3.35. The molecule has 0 radical (unpaired) electrons. The molecule has 2 aromatic carbocycles. The Morgan fingerprint density at radius 3 is 2.15 bits per heavy atom. The maximum Gasteiger partial charge on any atom is 0.126 e. The van der Waals surface area contributed by atoms with Crippen LogP contribution in [0.15, 0.2) is 42.5 Å². The smallest absolute Gasteiger partial charge is 0.126 e. The van der Waals surface area contributed by atoms with Crippen molar-refractivity contribution < 1.29 is 8.78 Å². The van der Waals surface area contributed by atoms with Gasteiger partial charge >= 0.3 is 0 Å². The van der Waals surface area contributed by atoms with Gasteiger partial charge in [-0.3, -0.25) is 0 Å². The third-order valence-corrected chi connectivity index (χ3v) is 3.54. The van der Waals surface area contributed by atoms with Gasteiger partial charge < -0.3 is 5.32 Å². The second kappa shape index (κ2) is 6.14. The average Bonchev–Trinajstić information content (AvgIpc) is 2.41. The zero-order valence-corrected chi connectivity index (χ0v) is 12.0. The van der Waals surface area contributed by atoms with Gasteiger partial charge in [-0.15, -0.1) is 0 Å². The largest absolute Gasteiger partial charge is 0.304 e. The summed E-state index contributed by atoms with van der Waals surface area (Å²) in [6.07, 6.45) is 0. The summed E-state index contributed by atoms with van der Waals surface area (Å²) in [5.74, 6) is -0.445. The molecule has 3 heteroatoms. The van der Waals surface area contributed by atoms with E-state index < -0.39 is 0 Å². The Bertz CT molecular complexity index is 595. The second-order valence-corrected chi connectivity index (χ2v) is 5.17. The lowest BCUT2D eigenvalue weighted by atomic mass is 10.0. The molecule has 2 aromatic rings. The predicted octanol–water partition coefficient (Wildman–Crippen LogP) is 4.69. The van der Waals surface area contributed by atoms with Crippen molar-refractivity contribution in [3.05, 3.63) is 70.8 Å². The highest BCUT2D eigenvalue weighted by molar-refractivity contribution is 5.26. The molecule has 106 valence electrons. The molecule has 0 bridgehead atoms. The van der Waals surface area contributed by atoms with E-state index in [2.05, 4.69) is 5.32 Å². The highest BCUT2D eigenvalue weighted by atomic mass is 19.1. The normalized spacial score (nSPS) is 14.1. The van der Waals surface area contributed by atoms with Crippen LogP contribution in [0, 0.1) is 18.6 Å². The van der Waals surface area contributed by atoms with E-state index in [9.17, 15) is 8.78 Å². The molecular weight excluding hydrogens is 256 g/mol. The highest BCUT2D eigenvalue weighted by Crippen LogP contribution is 2.21. The Balaban J connectivity index is 2.10. The molecule has 2 atom stereocenters. The number of hydrogen-bond acceptors (Lipinski definition) is 1. The number of nitrogens with one attached hydrogen (secondary N) is 1. The Morgan fingerprint density at radius 1 is 0.900 bits per heavy atom. The first-order valence-corrected chi connectivity index (χ1v) is 6.75. The molecule has 0 fully saturated rings. The van der Waals surface area contributed by atoms with Crippen LogP contribution in [0.4, 0.5) is 8.78 Å². The first-order valence-electron chi connectivity index (χ1n) is 6.75. The van der Waals surface area contributed by atoms with Crippen LogP contribution >= 0.6 is 0 Å². The van der Waals surface area contributed by atoms with Gasteiger partial charge in [-0.2, -0.15) is 0 Å². The maximum atomic E-state index is 13.6. The van der Waals surface area contributed by atoms with Gasteiger partial charge in [0.25, 0.3) is 0 Å². The molecule has 0 aliphatic carbocycles. The summed E-state index contributed by atoms with van der Waals surface area (Å²) < 4.78 is 26.8. The van der Waals surface area contributed by atoms with E-state index in [4.69, 9.17) is 0 Å². The van der Waals surface area contributed by atoms with Gasteiger partial charge in [0.1, 0.15) is 11.6 Å². The van der Waals surface area contributed by atoms with Crippen molar-refractivity contribution in [1.82, 2.24) is 5.32 Å². The Labute approximate surface area is 118 Å². The fraction of sp³-hybridized carbons (Fsp3) is 0.294. The van der Waals surface area contributed by atoms with E-state index in [1.165, 1.54) is 12.1 Å². The SMILES string of the molecule is Cc1ccc(C(C)N[C@@H](C)c2cccc(F)c2)cc1F. The first kappa shape index (κ1) is 14.7. The monoisotopic (exact) mass is 275 g/mol. The highest BCUT2D eigenvalue weighted by Gasteiger charge is 2.12. The van der Waals surface area contributed by atoms with E-state index in [0.29, 0.717) is 5.56 Å². The van der Waals surface area contributed by atoms with Gasteiger partial charge in [0.05, 0.1) is 0 Å². The quantitative estimate of drug-likeness (QED) is 0.854. The minimum absolute atomic E-state index is 0.00920. The second-order valence-electron chi connectivity index (χ2n) is 5.17. The van der Waals surface area contributed by atoms with Crippen molar-refractivity contribution in [1.29, 1.82) is 0 Å². The number of aryl methyl sites for hydroxylation is 1. The summed E-state index contributed by atoms with van der Waals surface area (Å²) in [7, 11) is 0. The van der Waals surface area contributed by atoms with Crippen molar-refractivity contribution in [2.45, 2.75) is 32.9 Å². The lowest BCUT2D eigenvalue weighted by Crippen LogP contribution is -2.22. The van der Waals surface area contributed by atoms with Crippen LogP contribution in [-0.2, 0) is 0 Å². The van der Waals surface area contributed by atoms with E-state index in [1.54, 1.807) is 25.1 Å². The van der Waals surface area contributed by atoms with Crippen molar-refractivity contribution in [2.75, 3.05) is 0 Å². The van der Waals surface area contributed by atoms with Crippen LogP contribution < -0.4 is 5.32 Å². The summed E-state index contributed by atoms with van der Waals surface area (Å²) in [4.78, 5) is 0. The van der Waals surface area contributed by atoms with E-state index in [-0.39, 0.29) is 23.7 Å². The van der Waals surface area contributed by atoms with Crippen LogP contribution in [0.25, 0.3) is 0 Å². The Hall–Kier alpha value is -1.74. The molecule has 0 saturated heterocycles. The molecule has 0 aliphatic rings. The zero-order chi connectivity index (χ0) is 14.7. The molecule has 0 heterocycles. The number of benzene rings is 2. The molecule has 0 aromatic heterocycles. The van der Waals surface area contributed by atoms with Gasteiger partial charge in [0.2, 0.25) is 0 Å². The number of hydrogen-bond donors (Lipinski definition) is 1. The van der Waals surface area contributed by atoms with Crippen molar-refractivity contribution in [3.8, 4) is 0 Å². The van der Waals surface area contributed by atoms with Crippen LogP contribution in [0.2, 0.25) is 0 Å². The molecular formula is C17H19F2N. The minimum atomic E-state index is -0.245. The lowest BCUT2D eigenvalue weighted by molar-refractivity contribution is 0.489. The molecule has 0 saturated carbocycles. The summed E-state index contributed by atoms with van der Waals surface area (Å²) in [5.41, 5.74) is 2.40. The number of rotatable bonds is 4. The van der Waals surface area contributed by atoms with Crippen LogP contribution in [0.1, 0.15) is 42.6 Å². The minimum Gasteiger partial charge on any atom is -0.304 e. The molecule has 20 heavy (non-hydrogen) atoms. The van der Waals surface area contributed by atoms with Gasteiger partial charge in [-0.05, 0) is 55.7 Å². The first-order chi connectivity index (χ1) is 9.47.